The summed E-state index contributed by atoms with van der Waals surface area (Å²) in [6, 6.07) is 8.62. The molecule has 0 spiro atoms. The maximum absolute atomic E-state index is 4.37. The number of nitrogens with zero attached hydrogens (tertiary/aromatic N) is 1. The van der Waals surface area contributed by atoms with E-state index in [9.17, 15) is 0 Å². The number of hydrogen-bond acceptors (Lipinski definition) is 2. The first-order chi connectivity index (χ1) is 8.45. The highest BCUT2D eigenvalue weighted by atomic mass is 14.9. The summed E-state index contributed by atoms with van der Waals surface area (Å²) < 4.78 is 0. The van der Waals surface area contributed by atoms with Crippen molar-refractivity contribution in [3.05, 3.63) is 42.2 Å². The maximum atomic E-state index is 4.37. The quantitative estimate of drug-likeness (QED) is 0.827. The Morgan fingerprint density at radius 3 is 2.71 bits per heavy atom. The lowest BCUT2D eigenvalue weighted by atomic mass is 9.87. The molecule has 1 fully saturated rings. The second-order valence-corrected chi connectivity index (χ2v) is 4.55. The molecule has 0 radical (unpaired) electrons. The molecule has 3 rings (SSSR count). The van der Waals surface area contributed by atoms with Gasteiger partial charge in [-0.15, -0.1) is 0 Å². The minimum Gasteiger partial charge on any atom is -0.345 e. The Morgan fingerprint density at radius 1 is 1.12 bits per heavy atom. The standard InChI is InChI=1S/C14H17N3/c1-2-4-13(14-16-9-10-17-14)12(3-1)11-5-7-15-8-6-11/h1-4,9-11,15H,5-8H2,(H,16,17). The topological polar surface area (TPSA) is 40.7 Å². The van der Waals surface area contributed by atoms with Gasteiger partial charge in [0.15, 0.2) is 0 Å². The van der Waals surface area contributed by atoms with E-state index in [2.05, 4.69) is 39.6 Å². The zero-order valence-corrected chi connectivity index (χ0v) is 9.82. The number of hydrogen-bond donors (Lipinski definition) is 2. The minimum absolute atomic E-state index is 0.664. The molecule has 0 saturated carbocycles. The van der Waals surface area contributed by atoms with Gasteiger partial charge in [0.25, 0.3) is 0 Å². The highest BCUT2D eigenvalue weighted by Crippen LogP contribution is 2.32. The molecule has 2 heterocycles. The lowest BCUT2D eigenvalue weighted by Gasteiger charge is -2.24. The number of rotatable bonds is 2. The highest BCUT2D eigenvalue weighted by Gasteiger charge is 2.18. The van der Waals surface area contributed by atoms with Crippen LogP contribution >= 0.6 is 0 Å². The van der Waals surface area contributed by atoms with E-state index in [0.717, 1.165) is 18.9 Å². The molecule has 0 unspecified atom stereocenters. The third kappa shape index (κ3) is 2.11. The summed E-state index contributed by atoms with van der Waals surface area (Å²) in [7, 11) is 0. The summed E-state index contributed by atoms with van der Waals surface area (Å²) in [6.07, 6.45) is 6.14. The second-order valence-electron chi connectivity index (χ2n) is 4.55. The van der Waals surface area contributed by atoms with Gasteiger partial charge in [-0.05, 0) is 37.4 Å². The Balaban J connectivity index is 1.98. The SMILES string of the molecule is c1ccc(C2CCNCC2)c(-c2ncc[nH]2)c1. The van der Waals surface area contributed by atoms with E-state index >= 15 is 0 Å². The lowest BCUT2D eigenvalue weighted by Crippen LogP contribution is -2.26. The molecule has 1 aliphatic heterocycles. The molecule has 3 nitrogen and oxygen atoms in total. The lowest BCUT2D eigenvalue weighted by molar-refractivity contribution is 0.461. The molecule has 17 heavy (non-hydrogen) atoms. The van der Waals surface area contributed by atoms with Crippen LogP contribution in [0.3, 0.4) is 0 Å². The molecule has 0 atom stereocenters. The van der Waals surface area contributed by atoms with E-state index < -0.39 is 0 Å². The molecule has 1 aliphatic rings. The maximum Gasteiger partial charge on any atom is 0.137 e. The average Bonchev–Trinajstić information content (AvgIpc) is 2.94. The number of aromatic amines is 1. The number of H-pyrrole nitrogens is 1. The van der Waals surface area contributed by atoms with Crippen LogP contribution in [0.1, 0.15) is 24.3 Å². The summed E-state index contributed by atoms with van der Waals surface area (Å²) in [5.41, 5.74) is 2.69. The predicted molar refractivity (Wildman–Crippen MR) is 68.9 cm³/mol. The normalized spacial score (nSPS) is 17.2. The van der Waals surface area contributed by atoms with Crippen molar-refractivity contribution in [1.29, 1.82) is 0 Å². The second kappa shape index (κ2) is 4.72. The number of benzene rings is 1. The van der Waals surface area contributed by atoms with Crippen LogP contribution in [0.5, 0.6) is 0 Å². The van der Waals surface area contributed by atoms with Crippen LogP contribution in [0.2, 0.25) is 0 Å². The number of piperidine rings is 1. The van der Waals surface area contributed by atoms with Gasteiger partial charge < -0.3 is 10.3 Å². The molecule has 3 heteroatoms. The van der Waals surface area contributed by atoms with Crippen LogP contribution in [0.4, 0.5) is 0 Å². The van der Waals surface area contributed by atoms with E-state index in [1.165, 1.54) is 24.0 Å². The van der Waals surface area contributed by atoms with Crippen LogP contribution in [0, 0.1) is 0 Å². The van der Waals surface area contributed by atoms with Crippen LogP contribution < -0.4 is 5.32 Å². The molecule has 0 amide bonds. The van der Waals surface area contributed by atoms with E-state index in [0.29, 0.717) is 5.92 Å². The smallest absolute Gasteiger partial charge is 0.137 e. The fourth-order valence-electron chi connectivity index (χ4n) is 2.61. The van der Waals surface area contributed by atoms with Crippen LogP contribution in [0.25, 0.3) is 11.4 Å². The van der Waals surface area contributed by atoms with Gasteiger partial charge in [0.1, 0.15) is 5.82 Å². The summed E-state index contributed by atoms with van der Waals surface area (Å²) >= 11 is 0. The van der Waals surface area contributed by atoms with Crippen LogP contribution in [-0.2, 0) is 0 Å². The van der Waals surface area contributed by atoms with Gasteiger partial charge in [0.2, 0.25) is 0 Å². The first-order valence-electron chi connectivity index (χ1n) is 6.24. The third-order valence-electron chi connectivity index (χ3n) is 3.49. The van der Waals surface area contributed by atoms with Crippen LogP contribution in [0.15, 0.2) is 36.7 Å². The van der Waals surface area contributed by atoms with Crippen molar-refractivity contribution in [3.8, 4) is 11.4 Å². The third-order valence-corrected chi connectivity index (χ3v) is 3.49. The summed E-state index contributed by atoms with van der Waals surface area (Å²) in [4.78, 5) is 7.58. The van der Waals surface area contributed by atoms with Crippen LogP contribution in [-0.4, -0.2) is 23.1 Å². The Labute approximate surface area is 101 Å². The summed E-state index contributed by atoms with van der Waals surface area (Å²) in [5.74, 6) is 1.65. The minimum atomic E-state index is 0.664. The van der Waals surface area contributed by atoms with Crippen molar-refractivity contribution in [1.82, 2.24) is 15.3 Å². The summed E-state index contributed by atoms with van der Waals surface area (Å²) in [5, 5.41) is 3.42. The molecular weight excluding hydrogens is 210 g/mol. The van der Waals surface area contributed by atoms with Gasteiger partial charge in [-0.3, -0.25) is 0 Å². The molecule has 1 saturated heterocycles. The first kappa shape index (κ1) is 10.5. The van der Waals surface area contributed by atoms with Gasteiger partial charge in [0, 0.05) is 18.0 Å². The molecule has 1 aromatic heterocycles. The first-order valence-corrected chi connectivity index (χ1v) is 6.24. The van der Waals surface area contributed by atoms with Gasteiger partial charge in [-0.25, -0.2) is 4.98 Å². The Bertz CT molecular complexity index is 470. The Kier molecular flexibility index (Phi) is 2.92. The van der Waals surface area contributed by atoms with E-state index in [1.807, 2.05) is 12.4 Å². The van der Waals surface area contributed by atoms with E-state index in [1.54, 1.807) is 0 Å². The Hall–Kier alpha value is -1.61. The highest BCUT2D eigenvalue weighted by molar-refractivity contribution is 5.61. The largest absolute Gasteiger partial charge is 0.345 e. The molecule has 0 aliphatic carbocycles. The predicted octanol–water partition coefficient (Wildman–Crippen LogP) is 2.54. The molecule has 2 aromatic rings. The van der Waals surface area contributed by atoms with Crippen molar-refractivity contribution in [2.75, 3.05) is 13.1 Å². The van der Waals surface area contributed by atoms with E-state index in [-0.39, 0.29) is 0 Å². The monoisotopic (exact) mass is 227 g/mol. The van der Waals surface area contributed by atoms with Crippen molar-refractivity contribution in [2.24, 2.45) is 0 Å². The van der Waals surface area contributed by atoms with Crippen molar-refractivity contribution in [2.45, 2.75) is 18.8 Å². The summed E-state index contributed by atoms with van der Waals surface area (Å²) in [6.45, 7) is 2.24. The number of nitrogens with one attached hydrogen (secondary N) is 2. The van der Waals surface area contributed by atoms with E-state index in [4.69, 9.17) is 0 Å². The molecular formula is C14H17N3. The van der Waals surface area contributed by atoms with Gasteiger partial charge >= 0.3 is 0 Å². The van der Waals surface area contributed by atoms with Crippen molar-refractivity contribution >= 4 is 0 Å². The fourth-order valence-corrected chi connectivity index (χ4v) is 2.61. The molecule has 2 N–H and O–H groups in total. The molecule has 0 bridgehead atoms. The number of imidazole rings is 1. The zero-order valence-electron chi connectivity index (χ0n) is 9.82. The molecule has 1 aromatic carbocycles. The number of aromatic nitrogens is 2. The average molecular weight is 227 g/mol. The zero-order chi connectivity index (χ0) is 11.5. The van der Waals surface area contributed by atoms with Gasteiger partial charge in [0.05, 0.1) is 0 Å². The van der Waals surface area contributed by atoms with Gasteiger partial charge in [-0.1, -0.05) is 24.3 Å². The fraction of sp³-hybridized carbons (Fsp3) is 0.357. The molecule has 88 valence electrons. The van der Waals surface area contributed by atoms with Gasteiger partial charge in [-0.2, -0.15) is 0 Å². The van der Waals surface area contributed by atoms with Crippen molar-refractivity contribution < 1.29 is 0 Å². The Morgan fingerprint density at radius 2 is 1.94 bits per heavy atom. The van der Waals surface area contributed by atoms with Crippen molar-refractivity contribution in [3.63, 3.8) is 0 Å².